The Kier molecular flexibility index (Phi) is 4.46. The molecule has 0 radical (unpaired) electrons. The van der Waals surface area contributed by atoms with Crippen LogP contribution in [-0.4, -0.2) is 14.6 Å². The summed E-state index contributed by atoms with van der Waals surface area (Å²) in [6, 6.07) is 19.4. The Bertz CT molecular complexity index is 1380. The van der Waals surface area contributed by atoms with Gasteiger partial charge in [0.1, 0.15) is 11.6 Å². The fourth-order valence-electron chi connectivity index (χ4n) is 3.50. The number of H-pyrrole nitrogens is 1. The average molecular weight is 379 g/mol. The van der Waals surface area contributed by atoms with Crippen LogP contribution < -0.4 is 5.56 Å². The molecule has 2 aromatic carbocycles. The molecule has 0 bridgehead atoms. The second kappa shape index (κ2) is 7.10. The maximum atomic E-state index is 13.1. The van der Waals surface area contributed by atoms with Crippen LogP contribution in [0.4, 0.5) is 0 Å². The number of hydrogen-bond acceptors (Lipinski definition) is 4. The van der Waals surface area contributed by atoms with E-state index in [4.69, 9.17) is 0 Å². The molecule has 29 heavy (non-hydrogen) atoms. The highest BCUT2D eigenvalue weighted by Crippen LogP contribution is 2.30. The smallest absolute Gasteiger partial charge is 0.278 e. The fourth-order valence-corrected chi connectivity index (χ4v) is 3.50. The quantitative estimate of drug-likeness (QED) is 0.576. The van der Waals surface area contributed by atoms with Crippen molar-refractivity contribution in [3.8, 4) is 34.5 Å². The molecule has 0 atom stereocenters. The van der Waals surface area contributed by atoms with Crippen LogP contribution in [0.1, 0.15) is 36.5 Å². The summed E-state index contributed by atoms with van der Waals surface area (Å²) in [4.78, 5) is 16.3. The van der Waals surface area contributed by atoms with Gasteiger partial charge in [-0.05, 0) is 40.8 Å². The second-order valence-electron chi connectivity index (χ2n) is 7.08. The lowest BCUT2D eigenvalue weighted by atomic mass is 9.95. The van der Waals surface area contributed by atoms with E-state index in [1.54, 1.807) is 6.07 Å². The largest absolute Gasteiger partial charge is 0.338 e. The van der Waals surface area contributed by atoms with Gasteiger partial charge in [0.25, 0.3) is 5.56 Å². The molecule has 140 valence electrons. The maximum Gasteiger partial charge on any atom is 0.278 e. The lowest BCUT2D eigenvalue weighted by Gasteiger charge is -2.14. The predicted molar refractivity (Wildman–Crippen MR) is 110 cm³/mol. The van der Waals surface area contributed by atoms with E-state index in [1.165, 1.54) is 10.7 Å². The molecular weight excluding hydrogens is 362 g/mol. The summed E-state index contributed by atoms with van der Waals surface area (Å²) in [6.07, 6.45) is 1.39. The van der Waals surface area contributed by atoms with Gasteiger partial charge in [-0.15, -0.1) is 0 Å². The molecule has 1 N–H and O–H groups in total. The number of benzene rings is 2. The van der Waals surface area contributed by atoms with Gasteiger partial charge >= 0.3 is 0 Å². The first kappa shape index (κ1) is 18.2. The first-order valence-corrected chi connectivity index (χ1v) is 9.18. The molecule has 0 unspecified atom stereocenters. The van der Waals surface area contributed by atoms with Gasteiger partial charge in [-0.3, -0.25) is 4.79 Å². The molecule has 0 saturated carbocycles. The van der Waals surface area contributed by atoms with Crippen LogP contribution in [0.2, 0.25) is 0 Å². The number of aromatic nitrogens is 3. The first-order valence-electron chi connectivity index (χ1n) is 9.18. The molecular formula is C23H17N5O. The summed E-state index contributed by atoms with van der Waals surface area (Å²) in [7, 11) is 0. The number of rotatable bonds is 3. The third-order valence-corrected chi connectivity index (χ3v) is 4.88. The molecule has 0 spiro atoms. The lowest BCUT2D eigenvalue weighted by Crippen LogP contribution is -2.22. The van der Waals surface area contributed by atoms with Crippen molar-refractivity contribution in [2.75, 3.05) is 0 Å². The molecule has 4 aromatic rings. The van der Waals surface area contributed by atoms with Gasteiger partial charge < -0.3 is 4.98 Å². The number of aromatic amines is 1. The first-order chi connectivity index (χ1) is 14.0. The molecule has 4 rings (SSSR count). The standard InChI is InChI=1S/C23H17N5O/c1-14(2)20-21(27-22-19(12-25)13-26-28(22)23(20)29)18-8-4-7-17(10-18)16-6-3-5-15(9-16)11-24/h3-10,13-14,27H,1-2H3. The summed E-state index contributed by atoms with van der Waals surface area (Å²) in [6.45, 7) is 3.91. The molecule has 6 heteroatoms. The Morgan fingerprint density at radius 1 is 1.00 bits per heavy atom. The third kappa shape index (κ3) is 3.07. The summed E-state index contributed by atoms with van der Waals surface area (Å²) in [5.74, 6) is -0.0431. The van der Waals surface area contributed by atoms with Crippen LogP contribution in [0.3, 0.4) is 0 Å². The van der Waals surface area contributed by atoms with Gasteiger partial charge in [-0.2, -0.15) is 20.1 Å². The van der Waals surface area contributed by atoms with Crippen molar-refractivity contribution in [3.63, 3.8) is 0 Å². The zero-order valence-electron chi connectivity index (χ0n) is 16.0. The van der Waals surface area contributed by atoms with Crippen molar-refractivity contribution in [3.05, 3.63) is 81.8 Å². The van der Waals surface area contributed by atoms with Crippen molar-refractivity contribution in [2.24, 2.45) is 0 Å². The van der Waals surface area contributed by atoms with Gasteiger partial charge in [0.2, 0.25) is 0 Å². The van der Waals surface area contributed by atoms with Crippen molar-refractivity contribution < 1.29 is 0 Å². The van der Waals surface area contributed by atoms with E-state index >= 15 is 0 Å². The number of nitriles is 2. The normalized spacial score (nSPS) is 10.8. The third-order valence-electron chi connectivity index (χ3n) is 4.88. The minimum Gasteiger partial charge on any atom is -0.338 e. The van der Waals surface area contributed by atoms with E-state index in [2.05, 4.69) is 22.2 Å². The number of fused-ring (bicyclic) bond motifs is 1. The van der Waals surface area contributed by atoms with Crippen LogP contribution in [0.5, 0.6) is 0 Å². The zero-order valence-corrected chi connectivity index (χ0v) is 16.0. The van der Waals surface area contributed by atoms with Crippen LogP contribution in [0, 0.1) is 22.7 Å². The molecule has 0 aliphatic heterocycles. The molecule has 2 aromatic heterocycles. The maximum absolute atomic E-state index is 13.1. The van der Waals surface area contributed by atoms with E-state index in [1.807, 2.05) is 56.3 Å². The van der Waals surface area contributed by atoms with Crippen molar-refractivity contribution in [1.29, 1.82) is 10.5 Å². The van der Waals surface area contributed by atoms with Gasteiger partial charge in [0, 0.05) is 5.56 Å². The molecule has 6 nitrogen and oxygen atoms in total. The van der Waals surface area contributed by atoms with E-state index in [0.717, 1.165) is 16.7 Å². The minimum atomic E-state index is -0.234. The highest BCUT2D eigenvalue weighted by Gasteiger charge is 2.19. The number of nitrogens with one attached hydrogen (secondary N) is 1. The SMILES string of the molecule is CC(C)c1c(-c2cccc(-c3cccc(C#N)c3)c2)[nH]c2c(C#N)cnn2c1=O. The lowest BCUT2D eigenvalue weighted by molar-refractivity contribution is 0.797. The van der Waals surface area contributed by atoms with Crippen molar-refractivity contribution in [1.82, 2.24) is 14.6 Å². The Morgan fingerprint density at radius 2 is 1.69 bits per heavy atom. The van der Waals surface area contributed by atoms with Gasteiger partial charge in [-0.1, -0.05) is 44.2 Å². The van der Waals surface area contributed by atoms with E-state index < -0.39 is 0 Å². The van der Waals surface area contributed by atoms with Crippen LogP contribution in [0.15, 0.2) is 59.5 Å². The van der Waals surface area contributed by atoms with Gasteiger partial charge in [-0.25, -0.2) is 0 Å². The Hall–Kier alpha value is -4.16. The topological polar surface area (TPSA) is 97.7 Å². The molecule has 0 saturated heterocycles. The summed E-state index contributed by atoms with van der Waals surface area (Å²) >= 11 is 0. The molecule has 2 heterocycles. The fraction of sp³-hybridized carbons (Fsp3) is 0.130. The molecule has 0 amide bonds. The van der Waals surface area contributed by atoms with Gasteiger partial charge in [0.15, 0.2) is 5.65 Å². The van der Waals surface area contributed by atoms with Crippen LogP contribution in [-0.2, 0) is 0 Å². The number of nitrogens with zero attached hydrogens (tertiary/aromatic N) is 4. The Labute approximate surface area is 167 Å². The number of hydrogen-bond donors (Lipinski definition) is 1. The molecule has 0 fully saturated rings. The van der Waals surface area contributed by atoms with Gasteiger partial charge in [0.05, 0.1) is 23.5 Å². The summed E-state index contributed by atoms with van der Waals surface area (Å²) in [5, 5.41) is 22.6. The molecule has 0 aliphatic carbocycles. The minimum absolute atomic E-state index is 0.0431. The van der Waals surface area contributed by atoms with E-state index in [-0.39, 0.29) is 11.5 Å². The highest BCUT2D eigenvalue weighted by molar-refractivity contribution is 5.75. The highest BCUT2D eigenvalue weighted by atomic mass is 16.1. The zero-order chi connectivity index (χ0) is 20.5. The average Bonchev–Trinajstić information content (AvgIpc) is 3.17. The van der Waals surface area contributed by atoms with Crippen LogP contribution in [0.25, 0.3) is 28.0 Å². The van der Waals surface area contributed by atoms with Crippen LogP contribution >= 0.6 is 0 Å². The molecule has 0 aliphatic rings. The Balaban J connectivity index is 1.97. The van der Waals surface area contributed by atoms with E-state index in [9.17, 15) is 15.3 Å². The van der Waals surface area contributed by atoms with E-state index in [0.29, 0.717) is 28.0 Å². The Morgan fingerprint density at radius 3 is 2.38 bits per heavy atom. The monoisotopic (exact) mass is 379 g/mol. The summed E-state index contributed by atoms with van der Waals surface area (Å²) < 4.78 is 1.25. The van der Waals surface area contributed by atoms with Crippen molar-refractivity contribution in [2.45, 2.75) is 19.8 Å². The second-order valence-corrected chi connectivity index (χ2v) is 7.08. The predicted octanol–water partition coefficient (Wildman–Crippen LogP) is 4.22. The summed E-state index contributed by atoms with van der Waals surface area (Å²) in [5.41, 5.74) is 5.02. The van der Waals surface area contributed by atoms with Crippen molar-refractivity contribution >= 4 is 5.65 Å².